The zero-order valence-corrected chi connectivity index (χ0v) is 16.2. The molecule has 7 heteroatoms. The van der Waals surface area contributed by atoms with Crippen LogP contribution in [0.2, 0.25) is 5.02 Å². The molecule has 1 aromatic carbocycles. The lowest BCUT2D eigenvalue weighted by Gasteiger charge is -2.34. The standard InChI is InChI=1S/C20H22ClN3O3/c1-3-10(2)24-17(25)14-13-8-5-9-23(13)20(15(14)18(24)26)11-6-4-7-12(21)16(11)22-19(20)27/h4,6-7,10,13-15H,3,5,8-9H2,1-2H3,(H,22,27)/p+1/t10-,13+,14-,15+,20-/m1/s1. The van der Waals surface area contributed by atoms with Gasteiger partial charge in [-0.2, -0.15) is 0 Å². The molecule has 5 rings (SSSR count). The highest BCUT2D eigenvalue weighted by atomic mass is 35.5. The maximum Gasteiger partial charge on any atom is 0.291 e. The molecule has 6 atom stereocenters. The van der Waals surface area contributed by atoms with Crippen LogP contribution in [0.3, 0.4) is 0 Å². The number of nitrogens with one attached hydrogen (secondary N) is 2. The van der Waals surface area contributed by atoms with Crippen LogP contribution in [0, 0.1) is 11.8 Å². The molecule has 2 N–H and O–H groups in total. The highest BCUT2D eigenvalue weighted by Gasteiger charge is 2.78. The van der Waals surface area contributed by atoms with Gasteiger partial charge in [0, 0.05) is 24.4 Å². The molecule has 0 radical (unpaired) electrons. The number of imide groups is 1. The van der Waals surface area contributed by atoms with Crippen molar-refractivity contribution in [1.82, 2.24) is 4.90 Å². The van der Waals surface area contributed by atoms with Crippen LogP contribution in [0.1, 0.15) is 38.7 Å². The van der Waals surface area contributed by atoms with E-state index in [4.69, 9.17) is 11.6 Å². The topological polar surface area (TPSA) is 70.9 Å². The minimum Gasteiger partial charge on any atom is -0.318 e. The molecule has 4 heterocycles. The molecule has 3 amide bonds. The number of rotatable bonds is 2. The van der Waals surface area contributed by atoms with Gasteiger partial charge in [-0.15, -0.1) is 0 Å². The average Bonchev–Trinajstić information content (AvgIpc) is 3.34. The summed E-state index contributed by atoms with van der Waals surface area (Å²) in [6.07, 6.45) is 2.54. The Labute approximate surface area is 162 Å². The van der Waals surface area contributed by atoms with Crippen LogP contribution in [0.5, 0.6) is 0 Å². The molecule has 4 aliphatic heterocycles. The van der Waals surface area contributed by atoms with Gasteiger partial charge in [-0.05, 0) is 25.5 Å². The predicted octanol–water partition coefficient (Wildman–Crippen LogP) is 0.948. The second kappa shape index (κ2) is 5.55. The molecule has 1 spiro atoms. The van der Waals surface area contributed by atoms with Crippen molar-refractivity contribution in [3.05, 3.63) is 28.8 Å². The van der Waals surface area contributed by atoms with Gasteiger partial charge in [0.05, 0.1) is 17.3 Å². The number of halogens is 1. The fourth-order valence-corrected chi connectivity index (χ4v) is 6.31. The van der Waals surface area contributed by atoms with Crippen LogP contribution in [0.25, 0.3) is 0 Å². The van der Waals surface area contributed by atoms with Crippen molar-refractivity contribution >= 4 is 35.0 Å². The van der Waals surface area contributed by atoms with Gasteiger partial charge in [0.1, 0.15) is 17.9 Å². The Bertz CT molecular complexity index is 887. The Morgan fingerprint density at radius 2 is 2.11 bits per heavy atom. The van der Waals surface area contributed by atoms with E-state index in [9.17, 15) is 14.4 Å². The summed E-state index contributed by atoms with van der Waals surface area (Å²) in [5, 5.41) is 3.42. The van der Waals surface area contributed by atoms with E-state index >= 15 is 0 Å². The second-order valence-electron chi connectivity index (χ2n) is 8.26. The summed E-state index contributed by atoms with van der Waals surface area (Å²) in [6, 6.07) is 5.33. The summed E-state index contributed by atoms with van der Waals surface area (Å²) in [6.45, 7) is 4.67. The fraction of sp³-hybridized carbons (Fsp3) is 0.550. The number of hydrogen-bond acceptors (Lipinski definition) is 3. The SMILES string of the molecule is CC[C@@H](C)N1C(=O)[C@H]2[C@@H](C1=O)[C@]1(C(=O)Nc3c(Cl)cccc31)[NH+]1CCC[C@@H]21. The minimum absolute atomic E-state index is 0.0104. The second-order valence-corrected chi connectivity index (χ2v) is 8.66. The summed E-state index contributed by atoms with van der Waals surface area (Å²) in [7, 11) is 0. The Balaban J connectivity index is 1.74. The third kappa shape index (κ3) is 1.83. The molecule has 0 aromatic heterocycles. The average molecular weight is 389 g/mol. The van der Waals surface area contributed by atoms with Crippen LogP contribution >= 0.6 is 11.6 Å². The Morgan fingerprint density at radius 1 is 1.33 bits per heavy atom. The highest BCUT2D eigenvalue weighted by molar-refractivity contribution is 6.35. The first kappa shape index (κ1) is 17.2. The molecule has 27 heavy (non-hydrogen) atoms. The van der Waals surface area contributed by atoms with Crippen molar-refractivity contribution in [2.75, 3.05) is 11.9 Å². The quantitative estimate of drug-likeness (QED) is 0.741. The summed E-state index contributed by atoms with van der Waals surface area (Å²) < 4.78 is 0. The number of para-hydroxylation sites is 1. The van der Waals surface area contributed by atoms with Gasteiger partial charge in [0.15, 0.2) is 0 Å². The van der Waals surface area contributed by atoms with Crippen molar-refractivity contribution in [2.24, 2.45) is 11.8 Å². The first-order valence-electron chi connectivity index (χ1n) is 9.78. The number of nitrogens with zero attached hydrogens (tertiary/aromatic N) is 1. The summed E-state index contributed by atoms with van der Waals surface area (Å²) in [4.78, 5) is 42.7. The van der Waals surface area contributed by atoms with E-state index in [0.29, 0.717) is 17.1 Å². The van der Waals surface area contributed by atoms with E-state index in [2.05, 4.69) is 5.32 Å². The molecule has 3 fully saturated rings. The van der Waals surface area contributed by atoms with E-state index in [0.717, 1.165) is 29.8 Å². The number of quaternary nitrogens is 1. The number of carbonyl (C=O) groups excluding carboxylic acids is 3. The van der Waals surface area contributed by atoms with Crippen LogP contribution < -0.4 is 10.2 Å². The Hall–Kier alpha value is -1.92. The van der Waals surface area contributed by atoms with E-state index in [1.807, 2.05) is 26.0 Å². The number of fused-ring (bicyclic) bond motifs is 7. The molecule has 3 saturated heterocycles. The van der Waals surface area contributed by atoms with Gasteiger partial charge in [0.2, 0.25) is 17.4 Å². The first-order valence-corrected chi connectivity index (χ1v) is 10.2. The van der Waals surface area contributed by atoms with Gasteiger partial charge in [-0.3, -0.25) is 19.3 Å². The number of likely N-dealkylation sites (tertiary alicyclic amines) is 1. The van der Waals surface area contributed by atoms with Crippen molar-refractivity contribution in [1.29, 1.82) is 0 Å². The van der Waals surface area contributed by atoms with E-state index in [1.54, 1.807) is 6.07 Å². The van der Waals surface area contributed by atoms with Gasteiger partial charge >= 0.3 is 0 Å². The van der Waals surface area contributed by atoms with Gasteiger partial charge < -0.3 is 10.2 Å². The molecule has 6 nitrogen and oxygen atoms in total. The lowest BCUT2D eigenvalue weighted by atomic mass is 9.75. The van der Waals surface area contributed by atoms with E-state index < -0.39 is 17.4 Å². The largest absolute Gasteiger partial charge is 0.318 e. The normalized spacial score (nSPS) is 37.6. The monoisotopic (exact) mass is 388 g/mol. The molecule has 142 valence electrons. The molecule has 0 aliphatic carbocycles. The maximum absolute atomic E-state index is 13.5. The molecule has 0 bridgehead atoms. The third-order valence-electron chi connectivity index (χ3n) is 7.27. The van der Waals surface area contributed by atoms with Gasteiger partial charge in [-0.25, -0.2) is 0 Å². The van der Waals surface area contributed by atoms with Crippen LogP contribution in [-0.4, -0.2) is 41.2 Å². The zero-order chi connectivity index (χ0) is 19.1. The van der Waals surface area contributed by atoms with Crippen LogP contribution in [-0.2, 0) is 19.9 Å². The van der Waals surface area contributed by atoms with Gasteiger partial charge in [-0.1, -0.05) is 24.6 Å². The summed E-state index contributed by atoms with van der Waals surface area (Å²) in [5.74, 6) is -1.53. The number of benzene rings is 1. The molecule has 0 saturated carbocycles. The molecule has 4 aliphatic rings. The maximum atomic E-state index is 13.5. The fourth-order valence-electron chi connectivity index (χ4n) is 6.09. The number of carbonyl (C=O) groups is 3. The predicted molar refractivity (Wildman–Crippen MR) is 99.2 cm³/mol. The van der Waals surface area contributed by atoms with Crippen molar-refractivity contribution < 1.29 is 19.3 Å². The van der Waals surface area contributed by atoms with Crippen molar-refractivity contribution in [3.8, 4) is 0 Å². The summed E-state index contributed by atoms with van der Waals surface area (Å²) >= 11 is 6.36. The molecular formula is C20H23ClN3O3+. The first-order chi connectivity index (χ1) is 12.9. The lowest BCUT2D eigenvalue weighted by Crippen LogP contribution is -3.19. The smallest absolute Gasteiger partial charge is 0.291 e. The number of hydrogen-bond donors (Lipinski definition) is 2. The Kier molecular flexibility index (Phi) is 3.53. The zero-order valence-electron chi connectivity index (χ0n) is 15.4. The minimum atomic E-state index is -1.04. The van der Waals surface area contributed by atoms with Crippen molar-refractivity contribution in [3.63, 3.8) is 0 Å². The third-order valence-corrected chi connectivity index (χ3v) is 7.58. The van der Waals surface area contributed by atoms with Crippen LogP contribution in [0.4, 0.5) is 5.69 Å². The van der Waals surface area contributed by atoms with Gasteiger partial charge in [0.25, 0.3) is 5.91 Å². The van der Waals surface area contributed by atoms with E-state index in [1.165, 1.54) is 4.90 Å². The molecular weight excluding hydrogens is 366 g/mol. The van der Waals surface area contributed by atoms with Crippen molar-refractivity contribution in [2.45, 2.75) is 50.7 Å². The molecule has 1 aromatic rings. The molecule has 1 unspecified atom stereocenters. The van der Waals surface area contributed by atoms with Crippen LogP contribution in [0.15, 0.2) is 18.2 Å². The Morgan fingerprint density at radius 3 is 2.85 bits per heavy atom. The lowest BCUT2D eigenvalue weighted by molar-refractivity contribution is -0.948. The summed E-state index contributed by atoms with van der Waals surface area (Å²) in [5.41, 5.74) is 0.341. The number of amides is 3. The number of anilines is 1. The highest BCUT2D eigenvalue weighted by Crippen LogP contribution is 2.53. The van der Waals surface area contributed by atoms with E-state index in [-0.39, 0.29) is 29.8 Å².